The quantitative estimate of drug-likeness (QED) is 0.442. The Balaban J connectivity index is 1.61. The van der Waals surface area contributed by atoms with Crippen molar-refractivity contribution < 1.29 is 21.7 Å². The van der Waals surface area contributed by atoms with Gasteiger partial charge in [-0.05, 0) is 49.1 Å². The van der Waals surface area contributed by atoms with E-state index in [0.717, 1.165) is 32.2 Å². The van der Waals surface area contributed by atoms with Crippen LogP contribution in [0.1, 0.15) is 24.8 Å². The highest BCUT2D eigenvalue weighted by molar-refractivity contribution is 7.85. The number of hydrogen-bond donors (Lipinski definition) is 0. The van der Waals surface area contributed by atoms with Crippen molar-refractivity contribution in [2.45, 2.75) is 25.9 Å². The number of anilines is 1. The van der Waals surface area contributed by atoms with E-state index in [2.05, 4.69) is 19.9 Å². The van der Waals surface area contributed by atoms with E-state index >= 15 is 0 Å². The van der Waals surface area contributed by atoms with Gasteiger partial charge in [0.25, 0.3) is 10.1 Å². The maximum atomic E-state index is 13.9. The Bertz CT molecular complexity index is 1220. The molecule has 0 atom stereocenters. The lowest BCUT2D eigenvalue weighted by molar-refractivity contribution is 0.311. The van der Waals surface area contributed by atoms with Crippen molar-refractivity contribution in [1.82, 2.24) is 15.0 Å². The van der Waals surface area contributed by atoms with E-state index in [1.54, 1.807) is 24.5 Å². The van der Waals surface area contributed by atoms with Crippen LogP contribution in [-0.4, -0.2) is 42.7 Å². The third-order valence-electron chi connectivity index (χ3n) is 4.94. The van der Waals surface area contributed by atoms with Gasteiger partial charge < -0.3 is 9.64 Å². The third kappa shape index (κ3) is 6.59. The fourth-order valence-electron chi connectivity index (χ4n) is 3.46. The standard InChI is InChI=1S/C22H22ClFN4O4S/c1-33(29,30)31-14-15-7-20(16-9-17(23)11-18(24)10-16)27-21(8-15)32-19-12-25-22(26-13-19)28-5-3-2-4-6-28/h7-13H,2-6,14H2,1H3. The maximum absolute atomic E-state index is 13.9. The zero-order valence-electron chi connectivity index (χ0n) is 17.9. The maximum Gasteiger partial charge on any atom is 0.264 e. The molecule has 0 radical (unpaired) electrons. The van der Waals surface area contributed by atoms with E-state index in [9.17, 15) is 12.8 Å². The average molecular weight is 493 g/mol. The number of aromatic nitrogens is 3. The first-order chi connectivity index (χ1) is 15.7. The molecule has 1 aliphatic rings. The summed E-state index contributed by atoms with van der Waals surface area (Å²) in [4.78, 5) is 15.3. The Labute approximate surface area is 196 Å². The van der Waals surface area contributed by atoms with Gasteiger partial charge in [-0.1, -0.05) is 11.6 Å². The monoisotopic (exact) mass is 492 g/mol. The topological polar surface area (TPSA) is 94.5 Å². The molecule has 2 aromatic heterocycles. The number of halogens is 2. The molecule has 1 aromatic carbocycles. The summed E-state index contributed by atoms with van der Waals surface area (Å²) in [5.41, 5.74) is 1.21. The minimum Gasteiger partial charge on any atom is -0.436 e. The lowest BCUT2D eigenvalue weighted by Gasteiger charge is -2.26. The second kappa shape index (κ2) is 9.98. The molecule has 0 bridgehead atoms. The summed E-state index contributed by atoms with van der Waals surface area (Å²) in [7, 11) is -3.67. The minimum absolute atomic E-state index is 0.148. The van der Waals surface area contributed by atoms with Gasteiger partial charge in [0.05, 0.1) is 31.0 Å². The molecule has 1 fully saturated rings. The molecule has 0 saturated carbocycles. The summed E-state index contributed by atoms with van der Waals surface area (Å²) in [6.07, 6.45) is 7.50. The van der Waals surface area contributed by atoms with Crippen molar-refractivity contribution in [3.8, 4) is 22.9 Å². The van der Waals surface area contributed by atoms with Gasteiger partial charge in [-0.15, -0.1) is 0 Å². The van der Waals surface area contributed by atoms with Gasteiger partial charge in [-0.3, -0.25) is 4.18 Å². The van der Waals surface area contributed by atoms with Crippen molar-refractivity contribution in [2.24, 2.45) is 0 Å². The van der Waals surface area contributed by atoms with Crippen LogP contribution in [0.2, 0.25) is 5.02 Å². The SMILES string of the molecule is CS(=O)(=O)OCc1cc(Oc2cnc(N3CCCCC3)nc2)nc(-c2cc(F)cc(Cl)c2)c1. The molecule has 0 unspecified atom stereocenters. The summed E-state index contributed by atoms with van der Waals surface area (Å²) in [6.45, 7) is 1.60. The highest BCUT2D eigenvalue weighted by Gasteiger charge is 2.15. The molecule has 0 amide bonds. The Hall–Kier alpha value is -2.82. The van der Waals surface area contributed by atoms with Gasteiger partial charge in [-0.2, -0.15) is 8.42 Å². The van der Waals surface area contributed by atoms with Crippen LogP contribution in [0.5, 0.6) is 11.6 Å². The summed E-state index contributed by atoms with van der Waals surface area (Å²) in [5, 5.41) is 0.203. The van der Waals surface area contributed by atoms with Crippen LogP contribution in [0, 0.1) is 5.82 Å². The summed E-state index contributed by atoms with van der Waals surface area (Å²) >= 11 is 5.99. The van der Waals surface area contributed by atoms with E-state index in [0.29, 0.717) is 28.5 Å². The summed E-state index contributed by atoms with van der Waals surface area (Å²) in [5.74, 6) is 0.614. The molecule has 0 N–H and O–H groups in total. The zero-order valence-corrected chi connectivity index (χ0v) is 19.4. The van der Waals surface area contributed by atoms with Gasteiger partial charge in [0.2, 0.25) is 11.8 Å². The molecule has 174 valence electrons. The van der Waals surface area contributed by atoms with E-state index in [1.165, 1.54) is 24.6 Å². The van der Waals surface area contributed by atoms with Crippen LogP contribution in [0.25, 0.3) is 11.3 Å². The van der Waals surface area contributed by atoms with Crippen LogP contribution in [-0.2, 0) is 20.9 Å². The predicted molar refractivity (Wildman–Crippen MR) is 122 cm³/mol. The second-order valence-electron chi connectivity index (χ2n) is 7.69. The number of nitrogens with zero attached hydrogens (tertiary/aromatic N) is 4. The van der Waals surface area contributed by atoms with Crippen LogP contribution < -0.4 is 9.64 Å². The Morgan fingerprint density at radius 1 is 1.06 bits per heavy atom. The van der Waals surface area contributed by atoms with E-state index in [1.807, 2.05) is 0 Å². The van der Waals surface area contributed by atoms with Crippen molar-refractivity contribution in [3.05, 3.63) is 59.1 Å². The first kappa shape index (κ1) is 23.3. The largest absolute Gasteiger partial charge is 0.436 e. The molecule has 1 aliphatic heterocycles. The minimum atomic E-state index is -3.67. The molecule has 3 heterocycles. The Morgan fingerprint density at radius 3 is 2.45 bits per heavy atom. The average Bonchev–Trinajstić information content (AvgIpc) is 2.78. The Morgan fingerprint density at radius 2 is 1.79 bits per heavy atom. The van der Waals surface area contributed by atoms with Gasteiger partial charge in [0.15, 0.2) is 5.75 Å². The van der Waals surface area contributed by atoms with Gasteiger partial charge in [0.1, 0.15) is 5.82 Å². The normalized spacial score (nSPS) is 14.3. The summed E-state index contributed by atoms with van der Waals surface area (Å²) < 4.78 is 47.5. The molecule has 11 heteroatoms. The van der Waals surface area contributed by atoms with Crippen molar-refractivity contribution in [2.75, 3.05) is 24.2 Å². The number of hydrogen-bond acceptors (Lipinski definition) is 8. The molecule has 0 spiro atoms. The van der Waals surface area contributed by atoms with E-state index in [4.69, 9.17) is 20.5 Å². The number of pyridine rings is 1. The zero-order chi connectivity index (χ0) is 23.4. The molecular formula is C22H22ClFN4O4S. The van der Waals surface area contributed by atoms with Gasteiger partial charge >= 0.3 is 0 Å². The lowest BCUT2D eigenvalue weighted by Crippen LogP contribution is -2.30. The number of ether oxygens (including phenoxy) is 1. The third-order valence-corrected chi connectivity index (χ3v) is 5.70. The van der Waals surface area contributed by atoms with Crippen molar-refractivity contribution in [1.29, 1.82) is 0 Å². The molecular weight excluding hydrogens is 471 g/mol. The summed E-state index contributed by atoms with van der Waals surface area (Å²) in [6, 6.07) is 7.12. The van der Waals surface area contributed by atoms with Crippen LogP contribution in [0.15, 0.2) is 42.7 Å². The van der Waals surface area contributed by atoms with Gasteiger partial charge in [-0.25, -0.2) is 19.3 Å². The molecule has 8 nitrogen and oxygen atoms in total. The van der Waals surface area contributed by atoms with Crippen molar-refractivity contribution >= 4 is 27.7 Å². The fraction of sp³-hybridized carbons (Fsp3) is 0.318. The first-order valence-electron chi connectivity index (χ1n) is 10.3. The predicted octanol–water partition coefficient (Wildman–Crippen LogP) is 4.59. The fourth-order valence-corrected chi connectivity index (χ4v) is 4.03. The van der Waals surface area contributed by atoms with Crippen LogP contribution in [0.3, 0.4) is 0 Å². The molecule has 4 rings (SSSR count). The highest BCUT2D eigenvalue weighted by atomic mass is 35.5. The second-order valence-corrected chi connectivity index (χ2v) is 9.77. The van der Waals surface area contributed by atoms with E-state index in [-0.39, 0.29) is 17.5 Å². The molecule has 1 saturated heterocycles. The number of piperidine rings is 1. The van der Waals surface area contributed by atoms with Gasteiger partial charge in [0, 0.05) is 29.7 Å². The highest BCUT2D eigenvalue weighted by Crippen LogP contribution is 2.29. The smallest absolute Gasteiger partial charge is 0.264 e. The molecule has 0 aliphatic carbocycles. The molecule has 3 aromatic rings. The first-order valence-corrected chi connectivity index (χ1v) is 12.5. The number of rotatable bonds is 7. The van der Waals surface area contributed by atoms with Crippen molar-refractivity contribution in [3.63, 3.8) is 0 Å². The van der Waals surface area contributed by atoms with Crippen LogP contribution in [0.4, 0.5) is 10.3 Å². The molecule has 33 heavy (non-hydrogen) atoms. The Kier molecular flexibility index (Phi) is 7.06. The van der Waals surface area contributed by atoms with Crippen LogP contribution >= 0.6 is 11.6 Å². The number of benzene rings is 1. The van der Waals surface area contributed by atoms with E-state index < -0.39 is 15.9 Å². The lowest BCUT2D eigenvalue weighted by atomic mass is 10.1.